The van der Waals surface area contributed by atoms with Crippen molar-refractivity contribution >= 4 is 28.4 Å². The Hall–Kier alpha value is -2.95. The average Bonchev–Trinajstić information content (AvgIpc) is 2.48. The lowest BCUT2D eigenvalue weighted by Crippen LogP contribution is -2.10. The maximum atomic E-state index is 7.38. The lowest BCUT2D eigenvalue weighted by atomic mass is 10.2. The van der Waals surface area contributed by atoms with Crippen LogP contribution >= 0.6 is 0 Å². The van der Waals surface area contributed by atoms with Gasteiger partial charge < -0.3 is 11.1 Å². The summed E-state index contributed by atoms with van der Waals surface area (Å²) in [5, 5.41) is 11.6. The fraction of sp³-hybridized carbons (Fsp3) is 0.0625. The van der Waals surface area contributed by atoms with Gasteiger partial charge >= 0.3 is 0 Å². The van der Waals surface area contributed by atoms with E-state index in [9.17, 15) is 0 Å². The molecule has 0 spiro atoms. The van der Waals surface area contributed by atoms with E-state index in [1.807, 2.05) is 43.3 Å². The van der Waals surface area contributed by atoms with Crippen molar-refractivity contribution in [2.24, 2.45) is 5.73 Å². The van der Waals surface area contributed by atoms with Crippen LogP contribution in [0, 0.1) is 12.3 Å². The molecule has 104 valence electrons. The zero-order valence-corrected chi connectivity index (χ0v) is 11.6. The van der Waals surface area contributed by atoms with Gasteiger partial charge in [-0.3, -0.25) is 5.41 Å². The summed E-state index contributed by atoms with van der Waals surface area (Å²) in [6, 6.07) is 15.2. The summed E-state index contributed by atoms with van der Waals surface area (Å²) in [7, 11) is 0. The Bertz CT molecular complexity index is 809. The number of hydrogen-bond donors (Lipinski definition) is 3. The predicted octanol–water partition coefficient (Wildman–Crippen LogP) is 2.97. The van der Waals surface area contributed by atoms with E-state index in [0.717, 1.165) is 22.3 Å². The fourth-order valence-corrected chi connectivity index (χ4v) is 2.15. The first-order chi connectivity index (χ1) is 10.1. The number of nitrogen functional groups attached to an aromatic ring is 1. The lowest BCUT2D eigenvalue weighted by molar-refractivity contribution is 1.15. The summed E-state index contributed by atoms with van der Waals surface area (Å²) in [5.74, 6) is 0.612. The Balaban J connectivity index is 1.92. The number of nitrogens with one attached hydrogen (secondary N) is 2. The molecule has 0 saturated heterocycles. The summed E-state index contributed by atoms with van der Waals surface area (Å²) >= 11 is 0. The van der Waals surface area contributed by atoms with E-state index in [0.29, 0.717) is 11.5 Å². The van der Waals surface area contributed by atoms with Crippen LogP contribution in [-0.4, -0.2) is 15.8 Å². The molecule has 0 unspecified atom stereocenters. The smallest absolute Gasteiger partial charge is 0.228 e. The number of nitrogens with two attached hydrogens (primary N) is 1. The average molecular weight is 277 g/mol. The van der Waals surface area contributed by atoms with Crippen LogP contribution in [0.25, 0.3) is 10.9 Å². The fourth-order valence-electron chi connectivity index (χ4n) is 2.15. The van der Waals surface area contributed by atoms with Crippen LogP contribution in [0.3, 0.4) is 0 Å². The van der Waals surface area contributed by atoms with E-state index in [1.165, 1.54) is 0 Å². The third kappa shape index (κ3) is 2.67. The Morgan fingerprint density at radius 1 is 1.05 bits per heavy atom. The molecule has 2 aromatic carbocycles. The maximum Gasteiger partial charge on any atom is 0.228 e. The molecule has 0 aliphatic carbocycles. The highest BCUT2D eigenvalue weighted by Gasteiger charge is 2.04. The number of rotatable bonds is 3. The molecule has 0 aliphatic heterocycles. The Morgan fingerprint density at radius 3 is 2.48 bits per heavy atom. The second kappa shape index (κ2) is 5.20. The molecule has 3 aromatic rings. The number of fused-ring (bicyclic) bond motifs is 1. The van der Waals surface area contributed by atoms with Crippen molar-refractivity contribution in [3.05, 3.63) is 59.8 Å². The van der Waals surface area contributed by atoms with Crippen LogP contribution in [0.2, 0.25) is 0 Å². The van der Waals surface area contributed by atoms with Gasteiger partial charge in [-0.1, -0.05) is 18.2 Å². The molecule has 1 aromatic heterocycles. The highest BCUT2D eigenvalue weighted by atomic mass is 15.1. The Labute approximate surface area is 122 Å². The van der Waals surface area contributed by atoms with Gasteiger partial charge in [-0.2, -0.15) is 0 Å². The first-order valence-corrected chi connectivity index (χ1v) is 6.58. The minimum absolute atomic E-state index is 0.0550. The van der Waals surface area contributed by atoms with Gasteiger partial charge in [-0.05, 0) is 37.3 Å². The van der Waals surface area contributed by atoms with Gasteiger partial charge in [0.25, 0.3) is 0 Å². The van der Waals surface area contributed by atoms with Crippen molar-refractivity contribution in [3.8, 4) is 0 Å². The first kappa shape index (κ1) is 13.1. The van der Waals surface area contributed by atoms with E-state index in [4.69, 9.17) is 11.1 Å². The summed E-state index contributed by atoms with van der Waals surface area (Å²) in [4.78, 5) is 8.96. The molecule has 0 bridgehead atoms. The Morgan fingerprint density at radius 2 is 1.76 bits per heavy atom. The largest absolute Gasteiger partial charge is 0.384 e. The van der Waals surface area contributed by atoms with Crippen molar-refractivity contribution in [2.75, 3.05) is 5.32 Å². The molecule has 0 aliphatic rings. The zero-order chi connectivity index (χ0) is 14.8. The van der Waals surface area contributed by atoms with Crippen LogP contribution in [0.1, 0.15) is 11.3 Å². The van der Waals surface area contributed by atoms with Gasteiger partial charge in [0, 0.05) is 16.6 Å². The number of benzene rings is 2. The lowest BCUT2D eigenvalue weighted by Gasteiger charge is -2.08. The third-order valence-electron chi connectivity index (χ3n) is 3.25. The van der Waals surface area contributed by atoms with Crippen molar-refractivity contribution in [1.29, 1.82) is 5.41 Å². The van der Waals surface area contributed by atoms with Crippen molar-refractivity contribution in [2.45, 2.75) is 6.92 Å². The topological polar surface area (TPSA) is 87.7 Å². The van der Waals surface area contributed by atoms with Gasteiger partial charge in [0.15, 0.2) is 0 Å². The highest BCUT2D eigenvalue weighted by Crippen LogP contribution is 2.19. The number of aryl methyl sites for hydroxylation is 1. The van der Waals surface area contributed by atoms with E-state index in [1.54, 1.807) is 12.1 Å². The molecular formula is C16H15N5. The van der Waals surface area contributed by atoms with Crippen molar-refractivity contribution < 1.29 is 0 Å². The summed E-state index contributed by atoms with van der Waals surface area (Å²) in [5.41, 5.74) is 8.83. The summed E-state index contributed by atoms with van der Waals surface area (Å²) < 4.78 is 0. The Kier molecular flexibility index (Phi) is 3.23. The number of anilines is 2. The van der Waals surface area contributed by atoms with Crippen molar-refractivity contribution in [3.63, 3.8) is 0 Å². The van der Waals surface area contributed by atoms with Crippen LogP contribution in [-0.2, 0) is 0 Å². The monoisotopic (exact) mass is 277 g/mol. The van der Waals surface area contributed by atoms with Crippen LogP contribution < -0.4 is 11.1 Å². The molecule has 5 nitrogen and oxygen atoms in total. The zero-order valence-electron chi connectivity index (χ0n) is 11.6. The maximum absolute atomic E-state index is 7.38. The molecule has 5 heteroatoms. The normalized spacial score (nSPS) is 10.5. The number of hydrogen-bond acceptors (Lipinski definition) is 4. The van der Waals surface area contributed by atoms with Gasteiger partial charge in [-0.25, -0.2) is 9.97 Å². The highest BCUT2D eigenvalue weighted by molar-refractivity contribution is 5.95. The van der Waals surface area contributed by atoms with Gasteiger partial charge in [0.2, 0.25) is 5.95 Å². The quantitative estimate of drug-likeness (QED) is 0.507. The predicted molar refractivity (Wildman–Crippen MR) is 85.0 cm³/mol. The molecule has 3 rings (SSSR count). The van der Waals surface area contributed by atoms with E-state index in [2.05, 4.69) is 15.3 Å². The minimum atomic E-state index is 0.0550. The van der Waals surface area contributed by atoms with E-state index in [-0.39, 0.29) is 5.84 Å². The second-order valence-corrected chi connectivity index (χ2v) is 4.77. The molecule has 1 heterocycles. The summed E-state index contributed by atoms with van der Waals surface area (Å²) in [6.07, 6.45) is 0. The number of para-hydroxylation sites is 1. The molecule has 21 heavy (non-hydrogen) atoms. The summed E-state index contributed by atoms with van der Waals surface area (Å²) in [6.45, 7) is 1.97. The number of amidine groups is 1. The number of aromatic nitrogens is 2. The third-order valence-corrected chi connectivity index (χ3v) is 3.25. The van der Waals surface area contributed by atoms with Gasteiger partial charge in [0.1, 0.15) is 5.84 Å². The minimum Gasteiger partial charge on any atom is -0.384 e. The first-order valence-electron chi connectivity index (χ1n) is 6.58. The second-order valence-electron chi connectivity index (χ2n) is 4.77. The van der Waals surface area contributed by atoms with E-state index >= 15 is 0 Å². The van der Waals surface area contributed by atoms with Gasteiger partial charge in [0.05, 0.1) is 11.2 Å². The molecule has 0 amide bonds. The van der Waals surface area contributed by atoms with Crippen molar-refractivity contribution in [1.82, 2.24) is 9.97 Å². The van der Waals surface area contributed by atoms with Crippen LogP contribution in [0.4, 0.5) is 11.6 Å². The SMILES string of the molecule is Cc1nc(Nc2ccc(C(=N)N)cc2)nc2ccccc12. The molecule has 0 saturated carbocycles. The number of nitrogens with zero attached hydrogens (tertiary/aromatic N) is 2. The van der Waals surface area contributed by atoms with Gasteiger partial charge in [-0.15, -0.1) is 0 Å². The molecule has 0 atom stereocenters. The van der Waals surface area contributed by atoms with Crippen LogP contribution in [0.5, 0.6) is 0 Å². The molecular weight excluding hydrogens is 262 g/mol. The molecule has 4 N–H and O–H groups in total. The van der Waals surface area contributed by atoms with E-state index < -0.39 is 0 Å². The molecule has 0 radical (unpaired) electrons. The van der Waals surface area contributed by atoms with Crippen LogP contribution in [0.15, 0.2) is 48.5 Å². The molecule has 0 fully saturated rings. The standard InChI is InChI=1S/C16H15N5/c1-10-13-4-2-3-5-14(13)21-16(19-10)20-12-8-6-11(7-9-12)15(17)18/h2-9H,1H3,(H3,17,18)(H,19,20,21).